The second-order valence-electron chi connectivity index (χ2n) is 17.7. The lowest BCUT2D eigenvalue weighted by Gasteiger charge is -2.35. The monoisotopic (exact) mass is 938 g/mol. The van der Waals surface area contributed by atoms with Gasteiger partial charge < -0.3 is 28.4 Å². The van der Waals surface area contributed by atoms with Crippen LogP contribution in [-0.2, 0) is 44.9 Å². The largest absolute Gasteiger partial charge is 0.488 e. The minimum absolute atomic E-state index is 0.137. The van der Waals surface area contributed by atoms with E-state index in [9.17, 15) is 24.0 Å². The molecule has 11 nitrogen and oxygen atoms in total. The van der Waals surface area contributed by atoms with E-state index in [-0.39, 0.29) is 19.8 Å². The van der Waals surface area contributed by atoms with E-state index >= 15 is 0 Å². The Hall–Kier alpha value is -8.31. The van der Waals surface area contributed by atoms with Crippen LogP contribution in [0.15, 0.2) is 152 Å². The Kier molecular flexibility index (Phi) is 15.4. The summed E-state index contributed by atoms with van der Waals surface area (Å²) in [5.41, 5.74) is 7.92. The molecule has 11 heteroatoms. The van der Waals surface area contributed by atoms with Crippen LogP contribution in [0.25, 0.3) is 11.1 Å². The fourth-order valence-electron chi connectivity index (χ4n) is 8.19. The minimum atomic E-state index is -0.805. The molecule has 0 spiro atoms. The highest BCUT2D eigenvalue weighted by Crippen LogP contribution is 2.48. The lowest BCUT2D eigenvalue weighted by Crippen LogP contribution is -2.26. The molecular formula is C59H54O11. The molecule has 0 amide bonds. The fraction of sp³-hybridized carbons (Fsp3) is 0.203. The molecule has 0 aromatic heterocycles. The molecule has 0 N–H and O–H groups in total. The average Bonchev–Trinajstić information content (AvgIpc) is 3.40. The third kappa shape index (κ3) is 11.0. The first-order chi connectivity index (χ1) is 33.7. The smallest absolute Gasteiger partial charge is 0.337 e. The predicted molar refractivity (Wildman–Crippen MR) is 266 cm³/mol. The first kappa shape index (κ1) is 49.6. The summed E-state index contributed by atoms with van der Waals surface area (Å²) in [6, 6.07) is 46.2. The van der Waals surface area contributed by atoms with Gasteiger partial charge in [-0.2, -0.15) is 0 Å². The highest BCUT2D eigenvalue weighted by atomic mass is 16.5. The van der Waals surface area contributed by atoms with E-state index in [0.717, 1.165) is 62.6 Å². The average molecular weight is 939 g/mol. The van der Waals surface area contributed by atoms with Gasteiger partial charge in [-0.15, -0.1) is 0 Å². The Balaban J connectivity index is 1.31. The van der Waals surface area contributed by atoms with E-state index in [0.29, 0.717) is 45.1 Å². The summed E-state index contributed by atoms with van der Waals surface area (Å²) in [6.07, 6.45) is 1.55. The molecule has 0 aliphatic carbocycles. The van der Waals surface area contributed by atoms with Gasteiger partial charge in [0.1, 0.15) is 37.1 Å². The lowest BCUT2D eigenvalue weighted by atomic mass is 9.71. The van der Waals surface area contributed by atoms with Crippen LogP contribution in [0.1, 0.15) is 118 Å². The zero-order valence-corrected chi connectivity index (χ0v) is 40.2. The first-order valence-electron chi connectivity index (χ1n) is 22.5. The van der Waals surface area contributed by atoms with E-state index < -0.39 is 28.7 Å². The normalized spacial score (nSPS) is 11.2. The van der Waals surface area contributed by atoms with Crippen molar-refractivity contribution in [2.45, 2.75) is 58.3 Å². The maximum absolute atomic E-state index is 12.8. The summed E-state index contributed by atoms with van der Waals surface area (Å²) in [7, 11) is 4.00. The van der Waals surface area contributed by atoms with Gasteiger partial charge in [-0.3, -0.25) is 9.59 Å². The topological polar surface area (TPSA) is 141 Å². The van der Waals surface area contributed by atoms with Gasteiger partial charge in [-0.25, -0.2) is 14.4 Å². The minimum Gasteiger partial charge on any atom is -0.488 e. The number of carbonyl (C=O) groups excluding carboxylic acids is 5. The number of benzene rings is 7. The van der Waals surface area contributed by atoms with Crippen molar-refractivity contribution in [1.82, 2.24) is 0 Å². The standard InChI is InChI=1S/C59H54O11/c1-58(2,48-25-27-52(46(29-48)33-60)68-35-38-13-19-42(20-14-38)55(62)65-5)50-31-45(41-11-9-8-10-12-41)32-51(54(50)70-37-40-17-23-44(24-18-40)57(64)67-7)59(3,4)49-26-28-53(47(30-49)34-61)69-36-39-15-21-43(22-16-39)56(63)66-6/h8-34H,35-37H2,1-7H3. The maximum Gasteiger partial charge on any atom is 0.337 e. The second kappa shape index (κ2) is 21.8. The third-order valence-electron chi connectivity index (χ3n) is 12.6. The molecule has 7 aromatic rings. The molecule has 7 rings (SSSR count). The summed E-state index contributed by atoms with van der Waals surface area (Å²) in [5, 5.41) is 0. The summed E-state index contributed by atoms with van der Waals surface area (Å²) in [6.45, 7) is 8.78. The van der Waals surface area contributed by atoms with Crippen molar-refractivity contribution >= 4 is 30.5 Å². The molecule has 0 radical (unpaired) electrons. The van der Waals surface area contributed by atoms with E-state index in [4.69, 9.17) is 28.4 Å². The highest BCUT2D eigenvalue weighted by Gasteiger charge is 2.36. The van der Waals surface area contributed by atoms with Crippen LogP contribution in [0, 0.1) is 0 Å². The number of hydrogen-bond donors (Lipinski definition) is 0. The van der Waals surface area contributed by atoms with Gasteiger partial charge in [0, 0.05) is 22.0 Å². The van der Waals surface area contributed by atoms with E-state index in [1.807, 2.05) is 66.7 Å². The number of hydrogen-bond acceptors (Lipinski definition) is 11. The van der Waals surface area contributed by atoms with Crippen molar-refractivity contribution in [2.75, 3.05) is 21.3 Å². The molecular weight excluding hydrogens is 885 g/mol. The summed E-state index contributed by atoms with van der Waals surface area (Å²) in [4.78, 5) is 61.9. The molecule has 356 valence electrons. The van der Waals surface area contributed by atoms with Crippen molar-refractivity contribution in [3.63, 3.8) is 0 Å². The van der Waals surface area contributed by atoms with Crippen LogP contribution in [-0.4, -0.2) is 51.8 Å². The zero-order valence-electron chi connectivity index (χ0n) is 40.2. The molecule has 0 aliphatic heterocycles. The summed E-state index contributed by atoms with van der Waals surface area (Å²) in [5.74, 6) is 0.0682. The van der Waals surface area contributed by atoms with Gasteiger partial charge in [0.15, 0.2) is 12.6 Å². The molecule has 0 aliphatic rings. The Morgan fingerprint density at radius 1 is 0.429 bits per heavy atom. The van der Waals surface area contributed by atoms with Crippen molar-refractivity contribution < 1.29 is 52.4 Å². The van der Waals surface area contributed by atoms with Gasteiger partial charge in [0.25, 0.3) is 0 Å². The quantitative estimate of drug-likeness (QED) is 0.0434. The van der Waals surface area contributed by atoms with Crippen molar-refractivity contribution in [3.8, 4) is 28.4 Å². The van der Waals surface area contributed by atoms with Gasteiger partial charge in [0.05, 0.1) is 49.1 Å². The number of methoxy groups -OCH3 is 3. The molecule has 0 heterocycles. The Morgan fingerprint density at radius 3 is 1.13 bits per heavy atom. The van der Waals surface area contributed by atoms with Crippen LogP contribution in [0.4, 0.5) is 0 Å². The van der Waals surface area contributed by atoms with Gasteiger partial charge in [-0.1, -0.05) is 107 Å². The number of rotatable bonds is 19. The summed E-state index contributed by atoms with van der Waals surface area (Å²) >= 11 is 0. The Morgan fingerprint density at radius 2 is 0.786 bits per heavy atom. The van der Waals surface area contributed by atoms with Crippen molar-refractivity contribution in [3.05, 3.63) is 218 Å². The number of esters is 3. The highest BCUT2D eigenvalue weighted by molar-refractivity contribution is 5.90. The van der Waals surface area contributed by atoms with Crippen LogP contribution in [0.5, 0.6) is 17.2 Å². The van der Waals surface area contributed by atoms with Crippen LogP contribution >= 0.6 is 0 Å². The summed E-state index contributed by atoms with van der Waals surface area (Å²) < 4.78 is 33.9. The Labute approximate surface area is 407 Å². The fourth-order valence-corrected chi connectivity index (χ4v) is 8.19. The van der Waals surface area contributed by atoms with Crippen LogP contribution in [0.3, 0.4) is 0 Å². The first-order valence-corrected chi connectivity index (χ1v) is 22.5. The maximum atomic E-state index is 12.8. The van der Waals surface area contributed by atoms with Gasteiger partial charge >= 0.3 is 17.9 Å². The van der Waals surface area contributed by atoms with E-state index in [2.05, 4.69) is 39.8 Å². The van der Waals surface area contributed by atoms with Crippen molar-refractivity contribution in [1.29, 1.82) is 0 Å². The van der Waals surface area contributed by atoms with E-state index in [1.165, 1.54) is 21.3 Å². The van der Waals surface area contributed by atoms with Crippen LogP contribution < -0.4 is 14.2 Å². The van der Waals surface area contributed by atoms with E-state index in [1.54, 1.807) is 72.8 Å². The van der Waals surface area contributed by atoms with Gasteiger partial charge in [0.2, 0.25) is 0 Å². The SMILES string of the molecule is COC(=O)c1ccc(COc2ccc(C(C)(C)c3cc(-c4ccccc4)cc(C(C)(C)c4ccc(OCc5ccc(C(=O)OC)cc5)c(C=O)c4)c3OCc3ccc(C(=O)OC)cc3)cc2C=O)cc1. The van der Waals surface area contributed by atoms with Gasteiger partial charge in [-0.05, 0) is 112 Å². The molecule has 0 saturated heterocycles. The number of ether oxygens (including phenoxy) is 6. The molecule has 0 atom stereocenters. The molecule has 0 fully saturated rings. The molecule has 0 unspecified atom stereocenters. The lowest BCUT2D eigenvalue weighted by molar-refractivity contribution is 0.0592. The number of carbonyl (C=O) groups is 5. The molecule has 70 heavy (non-hydrogen) atoms. The third-order valence-corrected chi connectivity index (χ3v) is 12.6. The van der Waals surface area contributed by atoms with Crippen molar-refractivity contribution in [2.24, 2.45) is 0 Å². The molecule has 7 aromatic carbocycles. The van der Waals surface area contributed by atoms with Crippen LogP contribution in [0.2, 0.25) is 0 Å². The Bertz CT molecular complexity index is 2850. The zero-order chi connectivity index (χ0) is 50.0. The predicted octanol–water partition coefficient (Wildman–Crippen LogP) is 11.7. The molecule has 0 saturated carbocycles. The second-order valence-corrected chi connectivity index (χ2v) is 17.7. The number of aldehydes is 2. The molecule has 0 bridgehead atoms.